The maximum atomic E-state index is 17.9. The summed E-state index contributed by atoms with van der Waals surface area (Å²) in [4.78, 5) is 68.0. The van der Waals surface area contributed by atoms with E-state index < -0.39 is 54.9 Å². The fraction of sp³-hybridized carbons (Fsp3) is 0.153. The van der Waals surface area contributed by atoms with Crippen molar-refractivity contribution in [2.24, 2.45) is 0 Å². The number of fused-ring (bicyclic) bond motifs is 3. The molecule has 0 aliphatic carbocycles. The second-order valence-electron chi connectivity index (χ2n) is 30.7. The number of hydrogen-bond donors (Lipinski definition) is 0. The van der Waals surface area contributed by atoms with Crippen LogP contribution in [0.2, 0.25) is 0 Å². The average Bonchev–Trinajstić information content (AvgIpc) is 0.960. The number of rotatable bonds is 40. The minimum atomic E-state index is -2.12. The Kier molecular flexibility index (Phi) is 30.3. The van der Waals surface area contributed by atoms with Crippen molar-refractivity contribution in [2.45, 2.75) is 104 Å². The average molecular weight is 1730 g/mol. The van der Waals surface area contributed by atoms with E-state index in [1.54, 1.807) is 12.1 Å². The molecule has 1 aliphatic heterocycles. The van der Waals surface area contributed by atoms with E-state index in [0.29, 0.717) is 27.8 Å². The molecule has 0 aromatic heterocycles. The summed E-state index contributed by atoms with van der Waals surface area (Å²) in [6.45, 7) is -2.61. The molecule has 0 saturated carbocycles. The predicted molar refractivity (Wildman–Crippen MR) is 490 cm³/mol. The summed E-state index contributed by atoms with van der Waals surface area (Å²) >= 11 is 0. The number of hydrogen-bond acceptors (Lipinski definition) is 19. The van der Waals surface area contributed by atoms with Gasteiger partial charge >= 0.3 is 23.9 Å². The molecule has 0 radical (unpaired) electrons. The van der Waals surface area contributed by atoms with Crippen molar-refractivity contribution < 1.29 is 90.2 Å². The molecule has 1 aliphatic rings. The summed E-state index contributed by atoms with van der Waals surface area (Å²) in [5.74, 6) is -4.61. The van der Waals surface area contributed by atoms with Crippen LogP contribution < -0.4 is 42.6 Å². The highest BCUT2D eigenvalue weighted by Gasteiger charge is 2.48. The third-order valence-electron chi connectivity index (χ3n) is 21.3. The third-order valence-corrected chi connectivity index (χ3v) is 21.3. The van der Waals surface area contributed by atoms with Crippen molar-refractivity contribution >= 4 is 23.9 Å². The van der Waals surface area contributed by atoms with Crippen LogP contribution in [0.4, 0.5) is 0 Å². The van der Waals surface area contributed by atoms with Crippen LogP contribution in [0.5, 0.6) is 51.7 Å². The molecule has 19 heteroatoms. The van der Waals surface area contributed by atoms with Crippen LogP contribution in [0.25, 0.3) is 11.1 Å². The number of carbonyl (C=O) groups is 4. The molecule has 16 rings (SSSR count). The SMILES string of the molecule is O=C(OC1COC(=O)c2cc(OCc3ccccc3)c(OCc3ccccc3)c(OCc3ccccc3)c2-c2c(cc(OCc3ccccc3)c(OCc3ccccc3)c2OCc2ccccc2)C(=O)O[C@H]1C(OCc1ccccc1)C(OCc1ccccc1)C(=O)OCc1ccccc1)c1cc(OCc2ccccc2)c(OCc2ccccc2)c(OCc2ccccc2)c1. The van der Waals surface area contributed by atoms with Crippen LogP contribution >= 0.6 is 0 Å². The van der Waals surface area contributed by atoms with Crippen LogP contribution in [-0.4, -0.2) is 54.9 Å². The van der Waals surface area contributed by atoms with Gasteiger partial charge in [-0.1, -0.05) is 364 Å². The molecular formula is C111H94O19. The molecule has 130 heavy (non-hydrogen) atoms. The lowest BCUT2D eigenvalue weighted by molar-refractivity contribution is -0.192. The Morgan fingerprint density at radius 1 is 0.277 bits per heavy atom. The molecule has 15 aromatic rings. The smallest absolute Gasteiger partial charge is 0.339 e. The largest absolute Gasteiger partial charge is 0.485 e. The summed E-state index contributed by atoms with van der Waals surface area (Å²) in [5, 5.41) is 0. The van der Waals surface area contributed by atoms with E-state index >= 15 is 19.2 Å². The van der Waals surface area contributed by atoms with Crippen molar-refractivity contribution in [3.8, 4) is 62.9 Å². The molecule has 0 amide bonds. The Balaban J connectivity index is 0.964. The Morgan fingerprint density at radius 2 is 0.531 bits per heavy atom. The molecule has 4 atom stereocenters. The lowest BCUT2D eigenvalue weighted by atomic mass is 9.91. The zero-order valence-electron chi connectivity index (χ0n) is 71.2. The number of cyclic esters (lactones) is 2. The Morgan fingerprint density at radius 3 is 0.846 bits per heavy atom. The molecular weight excluding hydrogens is 1640 g/mol. The fourth-order valence-corrected chi connectivity index (χ4v) is 14.6. The number of esters is 4. The lowest BCUT2D eigenvalue weighted by Gasteiger charge is -2.36. The van der Waals surface area contributed by atoms with Gasteiger partial charge in [0.1, 0.15) is 78.8 Å². The van der Waals surface area contributed by atoms with Gasteiger partial charge in [-0.3, -0.25) is 0 Å². The molecule has 0 bridgehead atoms. The Labute approximate surface area is 754 Å². The van der Waals surface area contributed by atoms with Crippen molar-refractivity contribution in [2.75, 3.05) is 6.61 Å². The molecule has 0 spiro atoms. The summed E-state index contributed by atoms with van der Waals surface area (Å²) in [7, 11) is 0. The van der Waals surface area contributed by atoms with E-state index in [1.807, 2.05) is 352 Å². The first-order chi connectivity index (χ1) is 64.1. The first kappa shape index (κ1) is 87.8. The quantitative estimate of drug-likeness (QED) is 0.0258. The summed E-state index contributed by atoms with van der Waals surface area (Å²) in [5.41, 5.74) is 7.25. The molecule has 0 N–H and O–H groups in total. The van der Waals surface area contributed by atoms with Crippen molar-refractivity contribution in [3.63, 3.8) is 0 Å². The van der Waals surface area contributed by atoms with Gasteiger partial charge in [0, 0.05) is 11.1 Å². The Bertz CT molecular complexity index is 6070. The van der Waals surface area contributed by atoms with Crippen LogP contribution in [0.3, 0.4) is 0 Å². The molecule has 652 valence electrons. The maximum absolute atomic E-state index is 17.9. The second kappa shape index (κ2) is 44.9. The van der Waals surface area contributed by atoms with E-state index in [2.05, 4.69) is 0 Å². The second-order valence-corrected chi connectivity index (χ2v) is 30.7. The molecule has 19 nitrogen and oxygen atoms in total. The zero-order chi connectivity index (χ0) is 88.7. The highest BCUT2D eigenvalue weighted by molar-refractivity contribution is 6.09. The van der Waals surface area contributed by atoms with Gasteiger partial charge in [-0.05, 0) is 91.0 Å². The lowest BCUT2D eigenvalue weighted by Crippen LogP contribution is -2.54. The molecule has 15 aromatic carbocycles. The van der Waals surface area contributed by atoms with Gasteiger partial charge in [0.25, 0.3) is 0 Å². The first-order valence-electron chi connectivity index (χ1n) is 42.8. The standard InChI is InChI=1S/C111H94O19/c112-108(90-61-93(116-65-78-37-13-1-14-38-78)100(120-69-82-45-21-5-22-46-82)94(62-90)117-66-79-39-15-2-16-40-79)129-97-77-128-109(113)91-63-95(118-67-80-41-17-3-18-42-80)101(121-70-83-47-23-6-24-48-83)104(123-72-85-51-27-8-28-52-85)98(91)99-92(64-96(119-68-81-43-19-4-20-44-81)102(122-71-84-49-25-7-26-50-84)105(99)124-73-86-53-29-9-30-54-86)110(114)130-103(97)106(125-74-87-55-31-10-32-56-87)107(126-75-88-57-33-11-34-58-88)111(115)127-76-89-59-35-12-36-60-89/h1-64,97,103,106-107H,65-77H2/t97?,103-,106?,107?/m1/s1. The van der Waals surface area contributed by atoms with Gasteiger partial charge in [-0.15, -0.1) is 0 Å². The Hall–Kier alpha value is -15.7. The highest BCUT2D eigenvalue weighted by Crippen LogP contribution is 2.56. The van der Waals surface area contributed by atoms with Crippen LogP contribution in [0.1, 0.15) is 97.8 Å². The highest BCUT2D eigenvalue weighted by atomic mass is 16.6. The normalized spacial score (nSPS) is 13.3. The summed E-state index contributed by atoms with van der Waals surface area (Å²) in [6, 6.07) is 118. The van der Waals surface area contributed by atoms with Crippen molar-refractivity contribution in [1.29, 1.82) is 0 Å². The number of ether oxygens (including phenoxy) is 15. The summed E-state index contributed by atoms with van der Waals surface area (Å²) < 4.78 is 105. The number of carbonyl (C=O) groups excluding carboxylic acids is 4. The fourth-order valence-electron chi connectivity index (χ4n) is 14.6. The van der Waals surface area contributed by atoms with Crippen LogP contribution in [0, 0.1) is 0 Å². The first-order valence-corrected chi connectivity index (χ1v) is 42.8. The van der Waals surface area contributed by atoms with E-state index in [1.165, 1.54) is 24.3 Å². The molecule has 0 fully saturated rings. The van der Waals surface area contributed by atoms with Gasteiger partial charge in [0.05, 0.1) is 29.9 Å². The predicted octanol–water partition coefficient (Wildman–Crippen LogP) is 22.4. The van der Waals surface area contributed by atoms with Gasteiger partial charge < -0.3 is 71.1 Å². The topological polar surface area (TPSA) is 207 Å². The van der Waals surface area contributed by atoms with Crippen molar-refractivity contribution in [1.82, 2.24) is 0 Å². The van der Waals surface area contributed by atoms with Gasteiger partial charge in [0.15, 0.2) is 52.8 Å². The van der Waals surface area contributed by atoms with Crippen LogP contribution in [0.15, 0.2) is 388 Å². The van der Waals surface area contributed by atoms with Crippen molar-refractivity contribution in [3.05, 3.63) is 472 Å². The van der Waals surface area contributed by atoms with E-state index in [0.717, 1.165) is 38.9 Å². The van der Waals surface area contributed by atoms with E-state index in [4.69, 9.17) is 71.1 Å². The van der Waals surface area contributed by atoms with Crippen LogP contribution in [-0.2, 0) is 112 Å². The molecule has 3 unspecified atom stereocenters. The monoisotopic (exact) mass is 1730 g/mol. The van der Waals surface area contributed by atoms with E-state index in [-0.39, 0.29) is 159 Å². The van der Waals surface area contributed by atoms with Gasteiger partial charge in [-0.25, -0.2) is 19.2 Å². The minimum Gasteiger partial charge on any atom is -0.485 e. The van der Waals surface area contributed by atoms with Gasteiger partial charge in [0.2, 0.25) is 17.2 Å². The maximum Gasteiger partial charge on any atom is 0.339 e. The number of benzene rings is 15. The van der Waals surface area contributed by atoms with Gasteiger partial charge in [-0.2, -0.15) is 0 Å². The van der Waals surface area contributed by atoms with E-state index in [9.17, 15) is 0 Å². The summed E-state index contributed by atoms with van der Waals surface area (Å²) in [6.07, 6.45) is -8.00. The minimum absolute atomic E-state index is 0.0120. The third kappa shape index (κ3) is 23.9. The molecule has 1 heterocycles. The zero-order valence-corrected chi connectivity index (χ0v) is 71.2. The molecule has 0 saturated heterocycles.